The highest BCUT2D eigenvalue weighted by Gasteiger charge is 2.36. The molecule has 0 amide bonds. The molecule has 4 aliphatic rings. The number of fused-ring (bicyclic) bond motifs is 4. The van der Waals surface area contributed by atoms with Gasteiger partial charge in [0.15, 0.2) is 0 Å². The van der Waals surface area contributed by atoms with Crippen LogP contribution in [0.4, 0.5) is 0 Å². The Kier molecular flexibility index (Phi) is 11.3. The molecular weight excluding hydrogens is 472 g/mol. The second kappa shape index (κ2) is 12.3. The van der Waals surface area contributed by atoms with E-state index in [-0.39, 0.29) is 7.43 Å². The number of halogens is 1. The van der Waals surface area contributed by atoms with Gasteiger partial charge in [0.1, 0.15) is 0 Å². The van der Waals surface area contributed by atoms with Gasteiger partial charge < -0.3 is 5.73 Å². The van der Waals surface area contributed by atoms with Crippen LogP contribution in [0.15, 0.2) is 24.3 Å². The first-order valence-corrected chi connectivity index (χ1v) is 14.4. The van der Waals surface area contributed by atoms with Crippen LogP contribution < -0.4 is 10.5 Å². The van der Waals surface area contributed by atoms with Gasteiger partial charge in [0.2, 0.25) is 0 Å². The van der Waals surface area contributed by atoms with Gasteiger partial charge in [-0.2, -0.15) is 25.4 Å². The molecule has 3 N–H and O–H groups in total. The number of rotatable bonds is 6. The van der Waals surface area contributed by atoms with Crippen LogP contribution in [0.1, 0.15) is 33.1 Å². The van der Waals surface area contributed by atoms with Crippen LogP contribution >= 0.6 is 10.7 Å². The molecule has 4 rings (SSSR count). The second-order valence-corrected chi connectivity index (χ2v) is 13.9. The number of hydrogen-bond donors (Lipinski definition) is 2. The highest BCUT2D eigenvalue weighted by Crippen LogP contribution is 2.43. The van der Waals surface area contributed by atoms with E-state index in [1.54, 1.807) is 14.1 Å². The summed E-state index contributed by atoms with van der Waals surface area (Å²) >= 11 is 0. The molecule has 0 aromatic heterocycles. The standard InChI is InChI=1S/C10H18N2O2S.C8H13N.C2H6ClNO2S.CH4/c1-12(2)15(13,14)11-7-10-6-8-3-4-9(10)5-8;9-5-8-4-6-1-2-7(8)3-6;1-4(2)7(3,5)6;/h3-4,8-11H,5-7H2,1-2H3;1-2,6-8H,3-5,9H2;1-2H3;1H4. The Balaban J connectivity index is 0.000000259. The Hall–Kier alpha value is -0.490. The summed E-state index contributed by atoms with van der Waals surface area (Å²) in [6.07, 6.45) is 14.3. The molecule has 0 heterocycles. The number of hydrogen-bond acceptors (Lipinski definition) is 5. The van der Waals surface area contributed by atoms with Gasteiger partial charge in [-0.3, -0.25) is 0 Å². The average Bonchev–Trinajstić information content (AvgIpc) is 3.47. The van der Waals surface area contributed by atoms with Gasteiger partial charge in [0.25, 0.3) is 19.4 Å². The number of nitrogens with one attached hydrogen (secondary N) is 1. The van der Waals surface area contributed by atoms with Gasteiger partial charge in [-0.05, 0) is 67.7 Å². The molecule has 0 aliphatic heterocycles. The summed E-state index contributed by atoms with van der Waals surface area (Å²) in [5.74, 6) is 4.35. The molecule has 2 saturated carbocycles. The molecule has 32 heavy (non-hydrogen) atoms. The molecule has 11 heteroatoms. The maximum atomic E-state index is 11.5. The molecule has 2 fully saturated rings. The van der Waals surface area contributed by atoms with Gasteiger partial charge in [-0.15, -0.1) is 0 Å². The first-order chi connectivity index (χ1) is 14.3. The molecule has 4 bridgehead atoms. The smallest absolute Gasteiger partial charge is 0.299 e. The van der Waals surface area contributed by atoms with Crippen molar-refractivity contribution in [3.8, 4) is 0 Å². The molecule has 0 radical (unpaired) electrons. The van der Waals surface area contributed by atoms with Crippen LogP contribution in [0.25, 0.3) is 0 Å². The molecule has 0 aromatic carbocycles. The van der Waals surface area contributed by atoms with E-state index in [1.165, 1.54) is 37.7 Å². The fourth-order valence-corrected chi connectivity index (χ4v) is 5.32. The lowest BCUT2D eigenvalue weighted by Crippen LogP contribution is -2.39. The van der Waals surface area contributed by atoms with Gasteiger partial charge >= 0.3 is 0 Å². The zero-order valence-electron chi connectivity index (χ0n) is 18.8. The molecule has 0 spiro atoms. The van der Waals surface area contributed by atoms with Crippen molar-refractivity contribution in [2.75, 3.05) is 41.3 Å². The molecule has 0 aromatic rings. The molecule has 6 unspecified atom stereocenters. The first-order valence-electron chi connectivity index (χ1n) is 10.7. The van der Waals surface area contributed by atoms with E-state index < -0.39 is 19.4 Å². The van der Waals surface area contributed by atoms with E-state index in [0.29, 0.717) is 24.3 Å². The number of nitrogens with two attached hydrogens (primary N) is 1. The van der Waals surface area contributed by atoms with Crippen molar-refractivity contribution in [3.05, 3.63) is 24.3 Å². The van der Waals surface area contributed by atoms with Gasteiger partial charge in [0, 0.05) is 45.4 Å². The van der Waals surface area contributed by atoms with Crippen LogP contribution in [0.2, 0.25) is 0 Å². The maximum absolute atomic E-state index is 11.5. The summed E-state index contributed by atoms with van der Waals surface area (Å²) in [4.78, 5) is 0. The van der Waals surface area contributed by atoms with E-state index in [4.69, 9.17) is 16.4 Å². The minimum atomic E-state index is -3.44. The molecule has 8 nitrogen and oxygen atoms in total. The van der Waals surface area contributed by atoms with Gasteiger partial charge in [0.05, 0.1) is 0 Å². The SMILES string of the molecule is C.CN(C)S(=O)(=O)Cl.CN(C)S(=O)(=O)NCC1CC2C=CC1C2.NCC1CC2C=CC1C2. The minimum Gasteiger partial charge on any atom is -0.330 e. The average molecular weight is 513 g/mol. The third-order valence-corrected chi connectivity index (χ3v) is 9.77. The van der Waals surface area contributed by atoms with Crippen molar-refractivity contribution >= 4 is 30.1 Å². The zero-order chi connectivity index (χ0) is 23.4. The quantitative estimate of drug-likeness (QED) is 0.419. The fourth-order valence-electron chi connectivity index (χ4n) is 4.64. The molecule has 6 atom stereocenters. The van der Waals surface area contributed by atoms with Crippen LogP contribution in [-0.4, -0.2) is 66.7 Å². The lowest BCUT2D eigenvalue weighted by Gasteiger charge is -2.20. The van der Waals surface area contributed by atoms with Crippen LogP contribution in [0, 0.1) is 35.5 Å². The Labute approximate surface area is 200 Å². The highest BCUT2D eigenvalue weighted by atomic mass is 35.7. The van der Waals surface area contributed by atoms with Crippen molar-refractivity contribution in [3.63, 3.8) is 0 Å². The van der Waals surface area contributed by atoms with Crippen LogP contribution in [0.3, 0.4) is 0 Å². The van der Waals surface area contributed by atoms with E-state index >= 15 is 0 Å². The van der Waals surface area contributed by atoms with Crippen molar-refractivity contribution in [1.29, 1.82) is 0 Å². The normalized spacial score (nSPS) is 31.9. The summed E-state index contributed by atoms with van der Waals surface area (Å²) in [6.45, 7) is 1.47. The molecule has 188 valence electrons. The number of nitrogens with zero attached hydrogens (tertiary/aromatic N) is 2. The zero-order valence-corrected chi connectivity index (χ0v) is 21.2. The Morgan fingerprint density at radius 2 is 1.28 bits per heavy atom. The summed E-state index contributed by atoms with van der Waals surface area (Å²) in [6, 6.07) is 0. The predicted molar refractivity (Wildman–Crippen MR) is 133 cm³/mol. The van der Waals surface area contributed by atoms with Crippen molar-refractivity contribution in [1.82, 2.24) is 13.3 Å². The summed E-state index contributed by atoms with van der Waals surface area (Å²) < 4.78 is 47.8. The third-order valence-electron chi connectivity index (χ3n) is 6.58. The summed E-state index contributed by atoms with van der Waals surface area (Å²) in [7, 11) is 3.90. The second-order valence-electron chi connectivity index (χ2n) is 9.18. The highest BCUT2D eigenvalue weighted by molar-refractivity contribution is 8.11. The largest absolute Gasteiger partial charge is 0.330 e. The number of allylic oxidation sites excluding steroid dienone is 4. The van der Waals surface area contributed by atoms with Gasteiger partial charge in [-0.1, -0.05) is 31.7 Å². The Morgan fingerprint density at radius 3 is 1.53 bits per heavy atom. The molecule has 4 aliphatic carbocycles. The summed E-state index contributed by atoms with van der Waals surface area (Å²) in [5.41, 5.74) is 5.59. The predicted octanol–water partition coefficient (Wildman–Crippen LogP) is 2.42. The maximum Gasteiger partial charge on any atom is 0.299 e. The molecule has 0 saturated heterocycles. The van der Waals surface area contributed by atoms with Crippen molar-refractivity contribution < 1.29 is 16.8 Å². The van der Waals surface area contributed by atoms with Crippen molar-refractivity contribution in [2.24, 2.45) is 41.2 Å². The minimum absolute atomic E-state index is 0. The van der Waals surface area contributed by atoms with E-state index in [9.17, 15) is 16.8 Å². The topological polar surface area (TPSA) is 113 Å². The summed E-state index contributed by atoms with van der Waals surface area (Å²) in [5, 5.41) is 0. The lowest BCUT2D eigenvalue weighted by atomic mass is 9.94. The molecular formula is C21H41ClN4O4S2. The van der Waals surface area contributed by atoms with Crippen LogP contribution in [0.5, 0.6) is 0 Å². The Bertz CT molecular complexity index is 859. The third kappa shape index (κ3) is 8.38. The van der Waals surface area contributed by atoms with Crippen molar-refractivity contribution in [2.45, 2.75) is 33.1 Å². The monoisotopic (exact) mass is 512 g/mol. The Morgan fingerprint density at radius 1 is 0.844 bits per heavy atom. The van der Waals surface area contributed by atoms with Crippen LogP contribution in [-0.2, 0) is 19.4 Å². The van der Waals surface area contributed by atoms with E-state index in [1.807, 2.05) is 0 Å². The van der Waals surface area contributed by atoms with Gasteiger partial charge in [-0.25, -0.2) is 4.72 Å². The van der Waals surface area contributed by atoms with E-state index in [0.717, 1.165) is 35.0 Å². The first kappa shape index (κ1) is 29.5. The fraction of sp³-hybridized carbons (Fsp3) is 0.810. The lowest BCUT2D eigenvalue weighted by molar-refractivity contribution is 0.429. The van der Waals surface area contributed by atoms with E-state index in [2.05, 4.69) is 29.0 Å².